The number of piperidine rings is 1. The van der Waals surface area contributed by atoms with Gasteiger partial charge in [0, 0.05) is 18.0 Å². The van der Waals surface area contributed by atoms with E-state index in [0.29, 0.717) is 12.3 Å². The molecule has 4 nitrogen and oxygen atoms in total. The molecule has 20 heavy (non-hydrogen) atoms. The first-order chi connectivity index (χ1) is 9.63. The standard InChI is InChI=1S/C16H27NO3/c1-3-16(9-5-6-10-16)15(19)17-11-7-4-8-13(17)12-14(18)20-2/h13H,3-12H2,1-2H3. The van der Waals surface area contributed by atoms with Crippen LogP contribution in [0, 0.1) is 5.41 Å². The summed E-state index contributed by atoms with van der Waals surface area (Å²) in [6, 6.07) is 0.0488. The lowest BCUT2D eigenvalue weighted by molar-refractivity contribution is -0.149. The van der Waals surface area contributed by atoms with Gasteiger partial charge in [-0.05, 0) is 38.5 Å². The van der Waals surface area contributed by atoms with Crippen molar-refractivity contribution in [1.29, 1.82) is 0 Å². The number of hydrogen-bond donors (Lipinski definition) is 0. The van der Waals surface area contributed by atoms with Crippen LogP contribution in [0.3, 0.4) is 0 Å². The van der Waals surface area contributed by atoms with Gasteiger partial charge < -0.3 is 9.64 Å². The molecule has 1 aliphatic carbocycles. The average Bonchev–Trinajstić information content (AvgIpc) is 2.97. The number of nitrogens with zero attached hydrogens (tertiary/aromatic N) is 1. The van der Waals surface area contributed by atoms with Gasteiger partial charge in [-0.3, -0.25) is 9.59 Å². The Bertz CT molecular complexity index is 361. The molecule has 0 N–H and O–H groups in total. The Labute approximate surface area is 121 Å². The predicted molar refractivity (Wildman–Crippen MR) is 77.2 cm³/mol. The maximum absolute atomic E-state index is 13.0. The summed E-state index contributed by atoms with van der Waals surface area (Å²) >= 11 is 0. The summed E-state index contributed by atoms with van der Waals surface area (Å²) in [7, 11) is 1.42. The van der Waals surface area contributed by atoms with E-state index in [1.165, 1.54) is 7.11 Å². The van der Waals surface area contributed by atoms with Gasteiger partial charge in [0.2, 0.25) is 5.91 Å². The highest BCUT2D eigenvalue weighted by molar-refractivity contribution is 5.84. The third kappa shape index (κ3) is 2.99. The lowest BCUT2D eigenvalue weighted by atomic mass is 9.80. The van der Waals surface area contributed by atoms with Crippen molar-refractivity contribution in [2.24, 2.45) is 5.41 Å². The van der Waals surface area contributed by atoms with E-state index in [9.17, 15) is 9.59 Å². The van der Waals surface area contributed by atoms with Gasteiger partial charge in [0.1, 0.15) is 0 Å². The lowest BCUT2D eigenvalue weighted by Crippen LogP contribution is -2.50. The molecule has 114 valence electrons. The third-order valence-electron chi connectivity index (χ3n) is 5.21. The van der Waals surface area contributed by atoms with Gasteiger partial charge in [-0.25, -0.2) is 0 Å². The number of hydrogen-bond acceptors (Lipinski definition) is 3. The van der Waals surface area contributed by atoms with E-state index in [2.05, 4.69) is 6.92 Å². The largest absolute Gasteiger partial charge is 0.469 e. The number of likely N-dealkylation sites (tertiary alicyclic amines) is 1. The average molecular weight is 281 g/mol. The molecule has 0 aromatic heterocycles. The minimum Gasteiger partial charge on any atom is -0.469 e. The molecule has 1 amide bonds. The Morgan fingerprint density at radius 3 is 2.50 bits per heavy atom. The fraction of sp³-hybridized carbons (Fsp3) is 0.875. The van der Waals surface area contributed by atoms with Crippen LogP contribution in [0.15, 0.2) is 0 Å². The summed E-state index contributed by atoms with van der Waals surface area (Å²) < 4.78 is 4.78. The van der Waals surface area contributed by atoms with E-state index in [1.54, 1.807) is 0 Å². The molecule has 1 atom stereocenters. The maximum atomic E-state index is 13.0. The number of ether oxygens (including phenoxy) is 1. The second-order valence-corrected chi connectivity index (χ2v) is 6.27. The number of carbonyl (C=O) groups is 2. The maximum Gasteiger partial charge on any atom is 0.307 e. The summed E-state index contributed by atoms with van der Waals surface area (Å²) in [5.41, 5.74) is -0.147. The van der Waals surface area contributed by atoms with Crippen LogP contribution < -0.4 is 0 Å². The number of rotatable bonds is 4. The van der Waals surface area contributed by atoms with Crippen molar-refractivity contribution in [3.8, 4) is 0 Å². The first-order valence-electron chi connectivity index (χ1n) is 8.01. The van der Waals surface area contributed by atoms with E-state index < -0.39 is 0 Å². The molecular weight excluding hydrogens is 254 g/mol. The molecule has 2 fully saturated rings. The fourth-order valence-corrected chi connectivity index (χ4v) is 3.83. The summed E-state index contributed by atoms with van der Waals surface area (Å²) in [5.74, 6) is 0.0952. The zero-order valence-corrected chi connectivity index (χ0v) is 12.8. The predicted octanol–water partition coefficient (Wildman–Crippen LogP) is 2.90. The highest BCUT2D eigenvalue weighted by atomic mass is 16.5. The zero-order chi connectivity index (χ0) is 14.6. The summed E-state index contributed by atoms with van der Waals surface area (Å²) in [6.45, 7) is 2.94. The van der Waals surface area contributed by atoms with Crippen molar-refractivity contribution >= 4 is 11.9 Å². The van der Waals surface area contributed by atoms with Gasteiger partial charge in [-0.2, -0.15) is 0 Å². The molecule has 1 unspecified atom stereocenters. The molecule has 1 saturated carbocycles. The molecule has 0 spiro atoms. The first-order valence-corrected chi connectivity index (χ1v) is 8.01. The molecule has 2 rings (SSSR count). The van der Waals surface area contributed by atoms with Gasteiger partial charge in [0.15, 0.2) is 0 Å². The van der Waals surface area contributed by atoms with E-state index in [4.69, 9.17) is 4.74 Å². The number of methoxy groups -OCH3 is 1. The van der Waals surface area contributed by atoms with Gasteiger partial charge in [0.25, 0.3) is 0 Å². The molecule has 4 heteroatoms. The van der Waals surface area contributed by atoms with Crippen LogP contribution in [-0.4, -0.2) is 36.5 Å². The van der Waals surface area contributed by atoms with E-state index in [-0.39, 0.29) is 17.4 Å². The fourth-order valence-electron chi connectivity index (χ4n) is 3.83. The number of esters is 1. The monoisotopic (exact) mass is 281 g/mol. The van der Waals surface area contributed by atoms with Gasteiger partial charge in [-0.1, -0.05) is 19.8 Å². The molecule has 1 saturated heterocycles. The van der Waals surface area contributed by atoms with Crippen molar-refractivity contribution in [2.75, 3.05) is 13.7 Å². The van der Waals surface area contributed by atoms with Crippen LogP contribution in [0.5, 0.6) is 0 Å². The summed E-state index contributed by atoms with van der Waals surface area (Å²) in [6.07, 6.45) is 8.72. The Morgan fingerprint density at radius 2 is 1.90 bits per heavy atom. The van der Waals surface area contributed by atoms with Crippen LogP contribution in [-0.2, 0) is 14.3 Å². The van der Waals surface area contributed by atoms with Crippen LogP contribution in [0.4, 0.5) is 0 Å². The Balaban J connectivity index is 2.10. The van der Waals surface area contributed by atoms with E-state index in [1.807, 2.05) is 4.90 Å². The van der Waals surface area contributed by atoms with Crippen LogP contribution in [0.2, 0.25) is 0 Å². The normalized spacial score (nSPS) is 25.5. The number of carbonyl (C=O) groups excluding carboxylic acids is 2. The van der Waals surface area contributed by atoms with E-state index >= 15 is 0 Å². The lowest BCUT2D eigenvalue weighted by Gasteiger charge is -2.41. The smallest absolute Gasteiger partial charge is 0.307 e. The SMILES string of the molecule is CCC1(C(=O)N2CCCCC2CC(=O)OC)CCCC1. The molecule has 0 aromatic rings. The van der Waals surface area contributed by atoms with Crippen LogP contribution in [0.25, 0.3) is 0 Å². The third-order valence-corrected chi connectivity index (χ3v) is 5.21. The quantitative estimate of drug-likeness (QED) is 0.744. The first kappa shape index (κ1) is 15.3. The van der Waals surface area contributed by atoms with Crippen molar-refractivity contribution in [3.63, 3.8) is 0 Å². The van der Waals surface area contributed by atoms with Gasteiger partial charge >= 0.3 is 5.97 Å². The molecular formula is C16H27NO3. The Kier molecular flexibility index (Phi) is 5.06. The molecule has 2 aliphatic rings. The van der Waals surface area contributed by atoms with Crippen molar-refractivity contribution in [1.82, 2.24) is 4.90 Å². The molecule has 0 radical (unpaired) electrons. The molecule has 1 heterocycles. The second kappa shape index (κ2) is 6.59. The van der Waals surface area contributed by atoms with Crippen LogP contribution in [0.1, 0.15) is 64.7 Å². The second-order valence-electron chi connectivity index (χ2n) is 6.27. The summed E-state index contributed by atoms with van der Waals surface area (Å²) in [5, 5.41) is 0. The highest BCUT2D eigenvalue weighted by Crippen LogP contribution is 2.43. The van der Waals surface area contributed by atoms with Gasteiger partial charge in [-0.15, -0.1) is 0 Å². The van der Waals surface area contributed by atoms with Crippen molar-refractivity contribution in [3.05, 3.63) is 0 Å². The number of amides is 1. The van der Waals surface area contributed by atoms with Crippen LogP contribution >= 0.6 is 0 Å². The minimum atomic E-state index is -0.202. The van der Waals surface area contributed by atoms with Crippen molar-refractivity contribution < 1.29 is 14.3 Å². The molecule has 0 bridgehead atoms. The highest BCUT2D eigenvalue weighted by Gasteiger charge is 2.44. The van der Waals surface area contributed by atoms with Gasteiger partial charge in [0.05, 0.1) is 13.5 Å². The Hall–Kier alpha value is -1.06. The zero-order valence-electron chi connectivity index (χ0n) is 12.8. The summed E-state index contributed by atoms with van der Waals surface area (Å²) in [4.78, 5) is 26.6. The van der Waals surface area contributed by atoms with E-state index in [0.717, 1.165) is 57.9 Å². The topological polar surface area (TPSA) is 46.6 Å². The Morgan fingerprint density at radius 1 is 1.20 bits per heavy atom. The molecule has 1 aliphatic heterocycles. The molecule has 0 aromatic carbocycles. The van der Waals surface area contributed by atoms with Crippen molar-refractivity contribution in [2.45, 2.75) is 70.8 Å². The minimum absolute atomic E-state index is 0.0488.